The summed E-state index contributed by atoms with van der Waals surface area (Å²) in [6.45, 7) is 2.99. The van der Waals surface area contributed by atoms with Gasteiger partial charge in [0.1, 0.15) is 6.61 Å². The fraction of sp³-hybridized carbons (Fsp3) is 1.00. The zero-order valence-corrected chi connectivity index (χ0v) is 7.45. The maximum atomic E-state index is 11.6. The van der Waals surface area contributed by atoms with E-state index in [0.29, 0.717) is 0 Å². The van der Waals surface area contributed by atoms with Crippen LogP contribution in [-0.2, 0) is 4.74 Å². The highest BCUT2D eigenvalue weighted by atomic mass is 19.4. The molecule has 0 fully saturated rings. The van der Waals surface area contributed by atoms with Gasteiger partial charge in [-0.1, -0.05) is 26.7 Å². The SMILES string of the molecule is CCC(CC)COCC(F)(F)F. The lowest BCUT2D eigenvalue weighted by atomic mass is 10.1. The number of alkyl halides is 3. The fourth-order valence-electron chi connectivity index (χ4n) is 0.866. The quantitative estimate of drug-likeness (QED) is 0.638. The summed E-state index contributed by atoms with van der Waals surface area (Å²) in [5.74, 6) is 0.257. The molecule has 0 radical (unpaired) electrons. The largest absolute Gasteiger partial charge is 0.411 e. The molecule has 0 aliphatic carbocycles. The third kappa shape index (κ3) is 6.46. The van der Waals surface area contributed by atoms with Crippen molar-refractivity contribution in [3.8, 4) is 0 Å². The molecule has 74 valence electrons. The number of rotatable bonds is 5. The van der Waals surface area contributed by atoms with Crippen molar-refractivity contribution in [3.63, 3.8) is 0 Å². The van der Waals surface area contributed by atoms with Crippen LogP contribution in [0.2, 0.25) is 0 Å². The minimum Gasteiger partial charge on any atom is -0.372 e. The molecule has 0 aromatic carbocycles. The Labute approximate surface area is 70.9 Å². The number of hydrogen-bond acceptors (Lipinski definition) is 1. The van der Waals surface area contributed by atoms with Crippen LogP contribution in [0.1, 0.15) is 26.7 Å². The molecule has 0 aromatic rings. The zero-order chi connectivity index (χ0) is 9.61. The molecule has 0 saturated heterocycles. The Morgan fingerprint density at radius 1 is 1.17 bits per heavy atom. The molecule has 0 aromatic heterocycles. The summed E-state index contributed by atoms with van der Waals surface area (Å²) in [5, 5.41) is 0. The summed E-state index contributed by atoms with van der Waals surface area (Å²) >= 11 is 0. The van der Waals surface area contributed by atoms with Crippen molar-refractivity contribution in [3.05, 3.63) is 0 Å². The molecule has 0 atom stereocenters. The summed E-state index contributed by atoms with van der Waals surface area (Å²) in [6, 6.07) is 0. The van der Waals surface area contributed by atoms with E-state index in [9.17, 15) is 13.2 Å². The summed E-state index contributed by atoms with van der Waals surface area (Å²) in [7, 11) is 0. The first-order valence-corrected chi connectivity index (χ1v) is 4.14. The highest BCUT2D eigenvalue weighted by Crippen LogP contribution is 2.16. The highest BCUT2D eigenvalue weighted by Gasteiger charge is 2.27. The van der Waals surface area contributed by atoms with Gasteiger partial charge in [-0.3, -0.25) is 0 Å². The van der Waals surface area contributed by atoms with Crippen LogP contribution >= 0.6 is 0 Å². The molecule has 0 rings (SSSR count). The summed E-state index contributed by atoms with van der Waals surface area (Å²) in [5.41, 5.74) is 0. The van der Waals surface area contributed by atoms with Gasteiger partial charge in [-0.2, -0.15) is 13.2 Å². The van der Waals surface area contributed by atoms with E-state index in [1.807, 2.05) is 13.8 Å². The van der Waals surface area contributed by atoms with Crippen LogP contribution in [0.4, 0.5) is 13.2 Å². The Kier molecular flexibility index (Phi) is 5.29. The van der Waals surface area contributed by atoms with E-state index in [1.54, 1.807) is 0 Å². The molecule has 0 aliphatic heterocycles. The first-order valence-electron chi connectivity index (χ1n) is 4.14. The van der Waals surface area contributed by atoms with Gasteiger partial charge in [0.25, 0.3) is 0 Å². The molecular weight excluding hydrogens is 169 g/mol. The van der Waals surface area contributed by atoms with E-state index >= 15 is 0 Å². The van der Waals surface area contributed by atoms with E-state index in [0.717, 1.165) is 12.8 Å². The van der Waals surface area contributed by atoms with Crippen molar-refractivity contribution >= 4 is 0 Å². The Morgan fingerprint density at radius 2 is 1.67 bits per heavy atom. The zero-order valence-electron chi connectivity index (χ0n) is 7.45. The maximum Gasteiger partial charge on any atom is 0.411 e. The lowest BCUT2D eigenvalue weighted by Crippen LogP contribution is -2.19. The van der Waals surface area contributed by atoms with Gasteiger partial charge in [-0.15, -0.1) is 0 Å². The topological polar surface area (TPSA) is 9.23 Å². The van der Waals surface area contributed by atoms with Gasteiger partial charge in [-0.25, -0.2) is 0 Å². The second-order valence-corrected chi connectivity index (χ2v) is 2.81. The van der Waals surface area contributed by atoms with E-state index in [-0.39, 0.29) is 12.5 Å². The average Bonchev–Trinajstić information content (AvgIpc) is 1.96. The highest BCUT2D eigenvalue weighted by molar-refractivity contribution is 4.53. The van der Waals surface area contributed by atoms with E-state index in [4.69, 9.17) is 0 Å². The summed E-state index contributed by atoms with van der Waals surface area (Å²) < 4.78 is 39.3. The van der Waals surface area contributed by atoms with Crippen molar-refractivity contribution in [1.82, 2.24) is 0 Å². The molecular formula is C8H15F3O. The molecule has 0 heterocycles. The fourth-order valence-corrected chi connectivity index (χ4v) is 0.866. The van der Waals surface area contributed by atoms with Crippen molar-refractivity contribution in [2.24, 2.45) is 5.92 Å². The van der Waals surface area contributed by atoms with Crippen LogP contribution in [0.15, 0.2) is 0 Å². The van der Waals surface area contributed by atoms with Gasteiger partial charge in [0.2, 0.25) is 0 Å². The maximum absolute atomic E-state index is 11.6. The van der Waals surface area contributed by atoms with Crippen LogP contribution in [0.5, 0.6) is 0 Å². The number of hydrogen-bond donors (Lipinski definition) is 0. The van der Waals surface area contributed by atoms with E-state index in [2.05, 4.69) is 4.74 Å². The van der Waals surface area contributed by atoms with Gasteiger partial charge in [0.05, 0.1) is 0 Å². The minimum absolute atomic E-state index is 0.215. The van der Waals surface area contributed by atoms with Crippen LogP contribution in [0, 0.1) is 5.92 Å². The lowest BCUT2D eigenvalue weighted by Gasteiger charge is -2.13. The van der Waals surface area contributed by atoms with Crippen LogP contribution in [0.25, 0.3) is 0 Å². The van der Waals surface area contributed by atoms with E-state index < -0.39 is 12.8 Å². The smallest absolute Gasteiger partial charge is 0.372 e. The summed E-state index contributed by atoms with van der Waals surface area (Å²) in [6.07, 6.45) is -2.45. The molecule has 0 spiro atoms. The van der Waals surface area contributed by atoms with Gasteiger partial charge in [0.15, 0.2) is 0 Å². The second kappa shape index (κ2) is 5.41. The predicted octanol–water partition coefficient (Wildman–Crippen LogP) is 3.00. The van der Waals surface area contributed by atoms with Crippen molar-refractivity contribution in [1.29, 1.82) is 0 Å². The molecule has 1 nitrogen and oxygen atoms in total. The molecule has 0 saturated carbocycles. The van der Waals surface area contributed by atoms with Crippen molar-refractivity contribution in [2.45, 2.75) is 32.9 Å². The Bertz CT molecular complexity index is 107. The van der Waals surface area contributed by atoms with E-state index in [1.165, 1.54) is 0 Å². The number of ether oxygens (including phenoxy) is 1. The normalized spacial score (nSPS) is 12.5. The lowest BCUT2D eigenvalue weighted by molar-refractivity contribution is -0.176. The molecule has 0 aliphatic rings. The third-order valence-electron chi connectivity index (χ3n) is 1.77. The minimum atomic E-state index is -4.19. The van der Waals surface area contributed by atoms with Crippen LogP contribution in [0.3, 0.4) is 0 Å². The van der Waals surface area contributed by atoms with Gasteiger partial charge in [0, 0.05) is 6.61 Å². The molecule has 4 heteroatoms. The molecule has 0 unspecified atom stereocenters. The number of halogens is 3. The van der Waals surface area contributed by atoms with Crippen molar-refractivity contribution < 1.29 is 17.9 Å². The monoisotopic (exact) mass is 184 g/mol. The second-order valence-electron chi connectivity index (χ2n) is 2.81. The Hall–Kier alpha value is -0.250. The molecule has 12 heavy (non-hydrogen) atoms. The first kappa shape index (κ1) is 11.8. The predicted molar refractivity (Wildman–Crippen MR) is 40.9 cm³/mol. The Morgan fingerprint density at radius 3 is 2.00 bits per heavy atom. The van der Waals surface area contributed by atoms with Crippen molar-refractivity contribution in [2.75, 3.05) is 13.2 Å². The molecule has 0 amide bonds. The Balaban J connectivity index is 3.41. The first-order chi connectivity index (χ1) is 5.49. The van der Waals surface area contributed by atoms with Gasteiger partial charge < -0.3 is 4.74 Å². The third-order valence-corrected chi connectivity index (χ3v) is 1.77. The molecule has 0 N–H and O–H groups in total. The summed E-state index contributed by atoms with van der Waals surface area (Å²) in [4.78, 5) is 0. The average molecular weight is 184 g/mol. The van der Waals surface area contributed by atoms with Gasteiger partial charge in [-0.05, 0) is 5.92 Å². The van der Waals surface area contributed by atoms with Crippen LogP contribution < -0.4 is 0 Å². The van der Waals surface area contributed by atoms with Crippen LogP contribution in [-0.4, -0.2) is 19.4 Å². The molecule has 0 bridgehead atoms. The van der Waals surface area contributed by atoms with Gasteiger partial charge >= 0.3 is 6.18 Å². The standard InChI is InChI=1S/C8H15F3O/c1-3-7(4-2)5-12-6-8(9,10)11/h7H,3-6H2,1-2H3.